The van der Waals surface area contributed by atoms with Crippen LogP contribution in [0.15, 0.2) is 66.2 Å². The van der Waals surface area contributed by atoms with Crippen LogP contribution >= 0.6 is 0 Å². The van der Waals surface area contributed by atoms with Gasteiger partial charge in [-0.05, 0) is 67.1 Å². The second kappa shape index (κ2) is 10.2. The molecule has 38 heavy (non-hydrogen) atoms. The summed E-state index contributed by atoms with van der Waals surface area (Å²) in [4.78, 5) is 28.2. The lowest BCUT2D eigenvalue weighted by molar-refractivity contribution is -0.132. The van der Waals surface area contributed by atoms with Crippen molar-refractivity contribution in [1.82, 2.24) is 0 Å². The lowest BCUT2D eigenvalue weighted by Crippen LogP contribution is -2.29. The van der Waals surface area contributed by atoms with E-state index in [1.165, 1.54) is 12.0 Å². The zero-order chi connectivity index (χ0) is 26.8. The number of aliphatic hydroxyl groups is 1. The first kappa shape index (κ1) is 24.7. The van der Waals surface area contributed by atoms with Crippen molar-refractivity contribution in [2.24, 2.45) is 0 Å². The van der Waals surface area contributed by atoms with Gasteiger partial charge in [0.15, 0.2) is 23.0 Å². The van der Waals surface area contributed by atoms with Crippen molar-refractivity contribution in [1.29, 1.82) is 5.26 Å². The molecule has 2 aliphatic heterocycles. The van der Waals surface area contributed by atoms with Gasteiger partial charge in [0.1, 0.15) is 19.0 Å². The van der Waals surface area contributed by atoms with Crippen LogP contribution in [0.4, 0.5) is 5.69 Å². The normalized spacial score (nSPS) is 17.7. The van der Waals surface area contributed by atoms with Gasteiger partial charge in [0, 0.05) is 11.3 Å². The molecule has 9 nitrogen and oxygen atoms in total. The zero-order valence-corrected chi connectivity index (χ0v) is 20.8. The highest BCUT2D eigenvalue weighted by Gasteiger charge is 2.47. The number of methoxy groups -OCH3 is 1. The standard InChI is InChI=1S/C29H24N2O7/c1-3-36-23-14-18(6-10-21(23)35-2)26-25(27(32)19-7-11-22-24(15-19)38-13-12-37-22)28(33)29(34)31(26)20-8-4-17(16-30)5-9-20/h4-11,14-15,26,32H,3,12-13H2,1-2H3/b27-25+. The third-order valence-corrected chi connectivity index (χ3v) is 6.34. The van der Waals surface area contributed by atoms with Crippen LogP contribution in [0.5, 0.6) is 23.0 Å². The SMILES string of the molecule is CCOc1cc(C2/C(=C(\O)c3ccc4c(c3)OCCO4)C(=O)C(=O)N2c2ccc(C#N)cc2)ccc1OC. The Bertz CT molecular complexity index is 1490. The Kier molecular flexibility index (Phi) is 6.62. The number of amides is 1. The van der Waals surface area contributed by atoms with E-state index >= 15 is 0 Å². The molecule has 0 aromatic heterocycles. The number of rotatable bonds is 6. The maximum absolute atomic E-state index is 13.5. The summed E-state index contributed by atoms with van der Waals surface area (Å²) in [5.41, 5.74) is 1.53. The number of ether oxygens (including phenoxy) is 4. The largest absolute Gasteiger partial charge is 0.507 e. The van der Waals surface area contributed by atoms with Crippen LogP contribution in [0, 0.1) is 11.3 Å². The molecule has 2 aliphatic rings. The van der Waals surface area contributed by atoms with E-state index in [0.29, 0.717) is 65.2 Å². The summed E-state index contributed by atoms with van der Waals surface area (Å²) in [7, 11) is 1.52. The lowest BCUT2D eigenvalue weighted by Gasteiger charge is -2.26. The first-order valence-electron chi connectivity index (χ1n) is 12.0. The number of benzene rings is 3. The van der Waals surface area contributed by atoms with Gasteiger partial charge in [-0.15, -0.1) is 0 Å². The van der Waals surface area contributed by atoms with Crippen LogP contribution in [0.1, 0.15) is 29.7 Å². The second-order valence-electron chi connectivity index (χ2n) is 8.53. The van der Waals surface area contributed by atoms with Gasteiger partial charge in [0.25, 0.3) is 11.7 Å². The molecule has 1 fully saturated rings. The van der Waals surface area contributed by atoms with Crippen molar-refractivity contribution in [2.45, 2.75) is 13.0 Å². The number of hydrogen-bond acceptors (Lipinski definition) is 8. The van der Waals surface area contributed by atoms with E-state index in [4.69, 9.17) is 18.9 Å². The number of nitriles is 1. The van der Waals surface area contributed by atoms with E-state index in [0.717, 1.165) is 0 Å². The highest BCUT2D eigenvalue weighted by Crippen LogP contribution is 2.45. The quantitative estimate of drug-likeness (QED) is 0.294. The smallest absolute Gasteiger partial charge is 0.300 e. The van der Waals surface area contributed by atoms with Crippen molar-refractivity contribution in [2.75, 3.05) is 31.8 Å². The van der Waals surface area contributed by atoms with Crippen LogP contribution in [0.3, 0.4) is 0 Å². The summed E-state index contributed by atoms with van der Waals surface area (Å²) in [5.74, 6) is -0.140. The summed E-state index contributed by atoms with van der Waals surface area (Å²) < 4.78 is 22.3. The van der Waals surface area contributed by atoms with Gasteiger partial charge in [0.05, 0.1) is 37.0 Å². The van der Waals surface area contributed by atoms with Gasteiger partial charge in [-0.2, -0.15) is 5.26 Å². The second-order valence-corrected chi connectivity index (χ2v) is 8.53. The molecule has 1 unspecified atom stereocenters. The molecule has 1 atom stereocenters. The molecule has 1 saturated heterocycles. The fraction of sp³-hybridized carbons (Fsp3) is 0.207. The first-order valence-corrected chi connectivity index (χ1v) is 12.0. The minimum absolute atomic E-state index is 0.0938. The Morgan fingerprint density at radius 1 is 1.03 bits per heavy atom. The molecule has 2 heterocycles. The Labute approximate surface area is 219 Å². The van der Waals surface area contributed by atoms with E-state index in [9.17, 15) is 20.0 Å². The molecule has 1 amide bonds. The summed E-state index contributed by atoms with van der Waals surface area (Å²) in [5, 5.41) is 20.7. The molecule has 1 N–H and O–H groups in total. The Morgan fingerprint density at radius 2 is 1.76 bits per heavy atom. The monoisotopic (exact) mass is 512 g/mol. The van der Waals surface area contributed by atoms with Crippen LogP contribution < -0.4 is 23.8 Å². The third-order valence-electron chi connectivity index (χ3n) is 6.34. The van der Waals surface area contributed by atoms with Gasteiger partial charge in [-0.25, -0.2) is 0 Å². The van der Waals surface area contributed by atoms with E-state index in [-0.39, 0.29) is 11.3 Å². The Hall–Kier alpha value is -4.97. The average molecular weight is 513 g/mol. The molecule has 3 aromatic rings. The summed E-state index contributed by atoms with van der Waals surface area (Å²) in [6.45, 7) is 2.96. The van der Waals surface area contributed by atoms with E-state index in [1.54, 1.807) is 60.7 Å². The van der Waals surface area contributed by atoms with Crippen molar-refractivity contribution < 1.29 is 33.6 Å². The molecule has 5 rings (SSSR count). The van der Waals surface area contributed by atoms with Crippen LogP contribution in [-0.4, -0.2) is 43.7 Å². The van der Waals surface area contributed by atoms with Crippen molar-refractivity contribution >= 4 is 23.1 Å². The number of hydrogen-bond donors (Lipinski definition) is 1. The minimum atomic E-state index is -0.985. The van der Waals surface area contributed by atoms with E-state index in [2.05, 4.69) is 0 Å². The highest BCUT2D eigenvalue weighted by atomic mass is 16.6. The average Bonchev–Trinajstić information content (AvgIpc) is 3.22. The molecule has 3 aromatic carbocycles. The number of carbonyl (C=O) groups excluding carboxylic acids is 2. The predicted octanol–water partition coefficient (Wildman–Crippen LogP) is 4.36. The van der Waals surface area contributed by atoms with Gasteiger partial charge in [-0.3, -0.25) is 14.5 Å². The van der Waals surface area contributed by atoms with Crippen LogP contribution in [0.25, 0.3) is 5.76 Å². The van der Waals surface area contributed by atoms with Crippen LogP contribution in [0.2, 0.25) is 0 Å². The summed E-state index contributed by atoms with van der Waals surface area (Å²) in [6.07, 6.45) is 0. The fourth-order valence-electron chi connectivity index (χ4n) is 4.59. The van der Waals surface area contributed by atoms with Gasteiger partial charge in [0.2, 0.25) is 0 Å². The molecule has 0 spiro atoms. The minimum Gasteiger partial charge on any atom is -0.507 e. The molecule has 0 aliphatic carbocycles. The van der Waals surface area contributed by atoms with Crippen molar-refractivity contribution in [3.63, 3.8) is 0 Å². The fourth-order valence-corrected chi connectivity index (χ4v) is 4.59. The maximum atomic E-state index is 13.5. The van der Waals surface area contributed by atoms with E-state index in [1.807, 2.05) is 13.0 Å². The van der Waals surface area contributed by atoms with Gasteiger partial charge >= 0.3 is 0 Å². The maximum Gasteiger partial charge on any atom is 0.300 e. The highest BCUT2D eigenvalue weighted by molar-refractivity contribution is 6.51. The molecule has 9 heteroatoms. The number of nitrogens with zero attached hydrogens (tertiary/aromatic N) is 2. The lowest BCUT2D eigenvalue weighted by atomic mass is 9.94. The number of ketones is 1. The van der Waals surface area contributed by atoms with Gasteiger partial charge < -0.3 is 24.1 Å². The Morgan fingerprint density at radius 3 is 2.45 bits per heavy atom. The van der Waals surface area contributed by atoms with Crippen LogP contribution in [-0.2, 0) is 9.59 Å². The number of Topliss-reactive ketones (excluding diaryl/α,β-unsaturated/α-hetero) is 1. The zero-order valence-electron chi connectivity index (χ0n) is 20.8. The molecular weight excluding hydrogens is 488 g/mol. The Balaban J connectivity index is 1.70. The number of fused-ring (bicyclic) bond motifs is 1. The van der Waals surface area contributed by atoms with Gasteiger partial charge in [-0.1, -0.05) is 6.07 Å². The topological polar surface area (TPSA) is 118 Å². The number of carbonyl (C=O) groups is 2. The summed E-state index contributed by atoms with van der Waals surface area (Å²) >= 11 is 0. The predicted molar refractivity (Wildman–Crippen MR) is 138 cm³/mol. The van der Waals surface area contributed by atoms with Crippen molar-refractivity contribution in [3.8, 4) is 29.1 Å². The third kappa shape index (κ3) is 4.26. The number of aliphatic hydroxyl groups excluding tert-OH is 1. The summed E-state index contributed by atoms with van der Waals surface area (Å²) in [6, 6.07) is 17.3. The molecule has 0 saturated carbocycles. The van der Waals surface area contributed by atoms with Crippen molar-refractivity contribution in [3.05, 3.63) is 82.9 Å². The molecular formula is C29H24N2O7. The van der Waals surface area contributed by atoms with E-state index < -0.39 is 17.7 Å². The first-order chi connectivity index (χ1) is 18.5. The molecule has 192 valence electrons. The molecule has 0 bridgehead atoms. The number of anilines is 1. The molecule has 0 radical (unpaired) electrons.